The fourth-order valence-electron chi connectivity index (χ4n) is 4.03. The lowest BCUT2D eigenvalue weighted by Gasteiger charge is -2.28. The zero-order chi connectivity index (χ0) is 19.1. The van der Waals surface area contributed by atoms with Crippen molar-refractivity contribution in [1.29, 1.82) is 0 Å². The van der Waals surface area contributed by atoms with Gasteiger partial charge in [0.1, 0.15) is 5.75 Å². The van der Waals surface area contributed by atoms with Gasteiger partial charge in [0.05, 0.1) is 14.4 Å². The average Bonchev–Trinajstić information content (AvgIpc) is 2.70. The van der Waals surface area contributed by atoms with Crippen molar-refractivity contribution < 1.29 is 9.53 Å². The molecule has 0 saturated carbocycles. The summed E-state index contributed by atoms with van der Waals surface area (Å²) < 4.78 is 5.49. The first-order valence-electron chi connectivity index (χ1n) is 10.2. The molecule has 1 fully saturated rings. The van der Waals surface area contributed by atoms with Gasteiger partial charge in [-0.3, -0.25) is 0 Å². The lowest BCUT2D eigenvalue weighted by atomic mass is 9.96. The van der Waals surface area contributed by atoms with Gasteiger partial charge in [-0.1, -0.05) is 86.5 Å². The fourth-order valence-corrected chi connectivity index (χ4v) is 7.59. The SMILES string of the molecule is CCCCCC1CC[SiH](c2ccc(OC(=O)c3ccc(Cl)cc3)cc2)CC1. The second-order valence-electron chi connectivity index (χ2n) is 7.68. The monoisotopic (exact) mass is 400 g/mol. The molecule has 0 N–H and O–H groups in total. The Morgan fingerprint density at radius 3 is 2.33 bits per heavy atom. The number of unbranched alkanes of at least 4 members (excludes halogenated alkanes) is 2. The van der Waals surface area contributed by atoms with E-state index in [1.807, 2.05) is 12.1 Å². The van der Waals surface area contributed by atoms with Crippen LogP contribution in [0.15, 0.2) is 48.5 Å². The maximum Gasteiger partial charge on any atom is 0.343 e. The van der Waals surface area contributed by atoms with Crippen molar-refractivity contribution >= 4 is 31.6 Å². The Bertz CT molecular complexity index is 719. The number of esters is 1. The Labute approximate surface area is 169 Å². The zero-order valence-corrected chi connectivity index (χ0v) is 18.0. The van der Waals surface area contributed by atoms with Gasteiger partial charge in [0.25, 0.3) is 0 Å². The van der Waals surface area contributed by atoms with Gasteiger partial charge in [-0.15, -0.1) is 0 Å². The second kappa shape index (κ2) is 10.1. The van der Waals surface area contributed by atoms with Crippen LogP contribution in [0.3, 0.4) is 0 Å². The molecule has 0 radical (unpaired) electrons. The Hall–Kier alpha value is -1.58. The molecule has 0 amide bonds. The Balaban J connectivity index is 1.50. The molecule has 3 rings (SSSR count). The van der Waals surface area contributed by atoms with Crippen molar-refractivity contribution in [2.24, 2.45) is 5.92 Å². The van der Waals surface area contributed by atoms with Crippen LogP contribution in [-0.2, 0) is 0 Å². The summed E-state index contributed by atoms with van der Waals surface area (Å²) in [6.45, 7) is 2.28. The van der Waals surface area contributed by atoms with Crippen LogP contribution < -0.4 is 9.92 Å². The highest BCUT2D eigenvalue weighted by atomic mass is 35.5. The quantitative estimate of drug-likeness (QED) is 0.247. The minimum Gasteiger partial charge on any atom is -0.423 e. The molecule has 1 saturated heterocycles. The van der Waals surface area contributed by atoms with E-state index in [9.17, 15) is 4.79 Å². The summed E-state index contributed by atoms with van der Waals surface area (Å²) >= 11 is 5.86. The van der Waals surface area contributed by atoms with Crippen molar-refractivity contribution in [3.63, 3.8) is 0 Å². The topological polar surface area (TPSA) is 26.3 Å². The van der Waals surface area contributed by atoms with Crippen molar-refractivity contribution in [2.75, 3.05) is 0 Å². The van der Waals surface area contributed by atoms with Crippen molar-refractivity contribution in [3.8, 4) is 5.75 Å². The predicted octanol–water partition coefficient (Wildman–Crippen LogP) is 5.98. The van der Waals surface area contributed by atoms with Crippen LogP contribution in [0.1, 0.15) is 55.8 Å². The van der Waals surface area contributed by atoms with E-state index in [-0.39, 0.29) is 5.97 Å². The third kappa shape index (κ3) is 5.95. The molecule has 1 aliphatic heterocycles. The van der Waals surface area contributed by atoms with E-state index >= 15 is 0 Å². The summed E-state index contributed by atoms with van der Waals surface area (Å²) in [5, 5.41) is 2.12. The molecule has 0 spiro atoms. The van der Waals surface area contributed by atoms with Crippen LogP contribution in [0.5, 0.6) is 5.75 Å². The van der Waals surface area contributed by atoms with Gasteiger partial charge in [-0.2, -0.15) is 0 Å². The number of hydrogen-bond acceptors (Lipinski definition) is 2. The third-order valence-corrected chi connectivity index (χ3v) is 9.34. The molecule has 2 aromatic carbocycles. The molecule has 1 heterocycles. The molecule has 0 unspecified atom stereocenters. The standard InChI is InChI=1S/C23H29ClO2Si/c1-2-3-4-5-18-14-16-27(17-15-18)22-12-10-21(11-13-22)26-23(25)19-6-8-20(24)9-7-19/h6-13,18,27H,2-5,14-17H2,1H3. The highest BCUT2D eigenvalue weighted by molar-refractivity contribution is 6.73. The van der Waals surface area contributed by atoms with Crippen molar-refractivity contribution in [3.05, 3.63) is 59.1 Å². The number of carbonyl (C=O) groups is 1. The molecule has 4 heteroatoms. The van der Waals surface area contributed by atoms with E-state index in [2.05, 4.69) is 19.1 Å². The summed E-state index contributed by atoms with van der Waals surface area (Å²) in [5.41, 5.74) is 0.513. The van der Waals surface area contributed by atoms with E-state index in [1.54, 1.807) is 24.3 Å². The second-order valence-corrected chi connectivity index (χ2v) is 11.3. The Morgan fingerprint density at radius 1 is 1.04 bits per heavy atom. The number of hydrogen-bond donors (Lipinski definition) is 0. The summed E-state index contributed by atoms with van der Waals surface area (Å²) in [7, 11) is -0.841. The predicted molar refractivity (Wildman–Crippen MR) is 116 cm³/mol. The molecule has 2 nitrogen and oxygen atoms in total. The van der Waals surface area contributed by atoms with Gasteiger partial charge in [0, 0.05) is 5.02 Å². The van der Waals surface area contributed by atoms with Gasteiger partial charge in [-0.05, 0) is 42.3 Å². The normalized spacial score (nSPS) is 19.6. The fraction of sp³-hybridized carbons (Fsp3) is 0.435. The number of halogens is 1. The van der Waals surface area contributed by atoms with Crippen LogP contribution in [0.4, 0.5) is 0 Å². The molecular weight excluding hydrogens is 372 g/mol. The molecule has 0 atom stereocenters. The molecule has 0 aromatic heterocycles. The van der Waals surface area contributed by atoms with E-state index in [0.717, 1.165) is 5.92 Å². The molecule has 2 aromatic rings. The van der Waals surface area contributed by atoms with Crippen LogP contribution in [0, 0.1) is 5.92 Å². The number of benzene rings is 2. The lowest BCUT2D eigenvalue weighted by molar-refractivity contribution is 0.0735. The van der Waals surface area contributed by atoms with Gasteiger partial charge >= 0.3 is 5.97 Å². The average molecular weight is 401 g/mol. The zero-order valence-electron chi connectivity index (χ0n) is 16.1. The maximum atomic E-state index is 12.2. The summed E-state index contributed by atoms with van der Waals surface area (Å²) in [6, 6.07) is 17.9. The minimum atomic E-state index is -0.841. The lowest BCUT2D eigenvalue weighted by Crippen LogP contribution is -2.33. The number of ether oxygens (including phenoxy) is 1. The minimum absolute atomic E-state index is 0.343. The van der Waals surface area contributed by atoms with Crippen LogP contribution in [0.2, 0.25) is 17.1 Å². The largest absolute Gasteiger partial charge is 0.423 e. The van der Waals surface area contributed by atoms with Gasteiger partial charge in [0.15, 0.2) is 0 Å². The summed E-state index contributed by atoms with van der Waals surface area (Å²) in [4.78, 5) is 12.2. The molecular formula is C23H29ClO2Si. The van der Waals surface area contributed by atoms with Gasteiger partial charge in [-0.25, -0.2) is 4.79 Å². The highest BCUT2D eigenvalue weighted by Gasteiger charge is 2.23. The molecule has 0 bridgehead atoms. The molecule has 144 valence electrons. The van der Waals surface area contributed by atoms with Gasteiger partial charge < -0.3 is 4.74 Å². The van der Waals surface area contributed by atoms with Crippen LogP contribution in [-0.4, -0.2) is 14.8 Å². The first-order valence-corrected chi connectivity index (χ1v) is 12.8. The number of carbonyl (C=O) groups excluding carboxylic acids is 1. The van der Waals surface area contributed by atoms with E-state index < -0.39 is 8.80 Å². The number of rotatable bonds is 7. The van der Waals surface area contributed by atoms with E-state index in [4.69, 9.17) is 16.3 Å². The maximum absolute atomic E-state index is 12.2. The summed E-state index contributed by atoms with van der Waals surface area (Å²) in [5.74, 6) is 1.23. The van der Waals surface area contributed by atoms with E-state index in [0.29, 0.717) is 16.3 Å². The Morgan fingerprint density at radius 2 is 1.70 bits per heavy atom. The summed E-state index contributed by atoms with van der Waals surface area (Å²) in [6.07, 6.45) is 8.35. The first kappa shape index (κ1) is 20.2. The molecule has 1 aliphatic rings. The van der Waals surface area contributed by atoms with E-state index in [1.165, 1.54) is 55.8 Å². The van der Waals surface area contributed by atoms with Crippen LogP contribution in [0.25, 0.3) is 0 Å². The Kier molecular flexibility index (Phi) is 7.54. The highest BCUT2D eigenvalue weighted by Crippen LogP contribution is 2.29. The van der Waals surface area contributed by atoms with Crippen LogP contribution >= 0.6 is 11.6 Å². The van der Waals surface area contributed by atoms with Crippen molar-refractivity contribution in [2.45, 2.75) is 57.5 Å². The third-order valence-electron chi connectivity index (χ3n) is 5.70. The van der Waals surface area contributed by atoms with Gasteiger partial charge in [0.2, 0.25) is 0 Å². The smallest absolute Gasteiger partial charge is 0.343 e. The molecule has 27 heavy (non-hydrogen) atoms. The molecule has 0 aliphatic carbocycles. The first-order chi connectivity index (χ1) is 13.2. The van der Waals surface area contributed by atoms with Crippen molar-refractivity contribution in [1.82, 2.24) is 0 Å².